The van der Waals surface area contributed by atoms with Crippen molar-refractivity contribution in [1.82, 2.24) is 10.6 Å². The number of nitrogens with one attached hydrogen (secondary N) is 2. The van der Waals surface area contributed by atoms with Gasteiger partial charge in [0.05, 0.1) is 0 Å². The number of carboxylic acids is 1. The second-order valence-electron chi connectivity index (χ2n) is 7.36. The van der Waals surface area contributed by atoms with Crippen LogP contribution in [0.4, 0.5) is 0 Å². The van der Waals surface area contributed by atoms with E-state index >= 15 is 0 Å². The average Bonchev–Trinajstić information content (AvgIpc) is 2.72. The number of hydrogen-bond donors (Lipinski definition) is 3. The van der Waals surface area contributed by atoms with Crippen molar-refractivity contribution in [3.8, 4) is 5.75 Å². The van der Waals surface area contributed by atoms with Crippen LogP contribution in [0, 0.1) is 0 Å². The molecule has 1 aromatic carbocycles. The van der Waals surface area contributed by atoms with E-state index < -0.39 is 29.9 Å². The number of carboxylic acid groups (broad SMARTS) is 1. The molecule has 2 aromatic rings. The van der Waals surface area contributed by atoms with Crippen LogP contribution in [0.25, 0.3) is 11.0 Å². The molecule has 3 rings (SSSR count). The minimum atomic E-state index is -1.17. The van der Waals surface area contributed by atoms with Crippen molar-refractivity contribution < 1.29 is 28.6 Å². The van der Waals surface area contributed by atoms with E-state index in [-0.39, 0.29) is 12.2 Å². The number of benzene rings is 1. The maximum Gasteiger partial charge on any atom is 0.339 e. The Labute approximate surface area is 172 Å². The molecule has 0 bridgehead atoms. The van der Waals surface area contributed by atoms with Gasteiger partial charge in [-0.2, -0.15) is 0 Å². The van der Waals surface area contributed by atoms with Gasteiger partial charge in [-0.05, 0) is 57.2 Å². The molecule has 1 aliphatic rings. The van der Waals surface area contributed by atoms with Crippen molar-refractivity contribution in [2.24, 2.45) is 0 Å². The van der Waals surface area contributed by atoms with E-state index in [4.69, 9.17) is 14.3 Å². The van der Waals surface area contributed by atoms with Crippen LogP contribution >= 0.6 is 0 Å². The van der Waals surface area contributed by atoms with Gasteiger partial charge in [-0.25, -0.2) is 4.79 Å². The molecule has 1 heterocycles. The first-order valence-corrected chi connectivity index (χ1v) is 9.80. The lowest BCUT2D eigenvalue weighted by molar-refractivity contribution is -0.141. The molecule has 0 aliphatic heterocycles. The van der Waals surface area contributed by atoms with E-state index in [2.05, 4.69) is 10.6 Å². The first-order valence-electron chi connectivity index (χ1n) is 9.80. The van der Waals surface area contributed by atoms with E-state index in [1.807, 2.05) is 6.07 Å². The predicted octanol–water partition coefficient (Wildman–Crippen LogP) is 1.14. The number of carbonyl (C=O) groups excluding carboxylic acids is 2. The Morgan fingerprint density at radius 1 is 1.10 bits per heavy atom. The first-order chi connectivity index (χ1) is 14.3. The lowest BCUT2D eigenvalue weighted by Gasteiger charge is -2.17. The topological polar surface area (TPSA) is 135 Å². The van der Waals surface area contributed by atoms with Crippen LogP contribution in [-0.4, -0.2) is 41.6 Å². The average molecular weight is 416 g/mol. The van der Waals surface area contributed by atoms with Gasteiger partial charge < -0.3 is 24.9 Å². The van der Waals surface area contributed by atoms with Crippen LogP contribution in [0.1, 0.15) is 37.8 Å². The molecule has 2 amide bonds. The standard InChI is InChI=1S/C21H24N2O7/c1-11(19(25)23-12(2)20(26)27)22-18(24)10-29-13-7-8-15-14-5-3-4-6-16(14)21(28)30-17(15)9-13/h7-9,11-12H,3-6,10H2,1-2H3,(H,22,24)(H,23,25)(H,26,27). The fourth-order valence-corrected chi connectivity index (χ4v) is 3.41. The summed E-state index contributed by atoms with van der Waals surface area (Å²) in [6.07, 6.45) is 3.57. The number of aliphatic carboxylic acids is 1. The zero-order chi connectivity index (χ0) is 21.8. The molecule has 0 saturated heterocycles. The van der Waals surface area contributed by atoms with Crippen LogP contribution in [0.15, 0.2) is 27.4 Å². The Balaban J connectivity index is 1.61. The summed E-state index contributed by atoms with van der Waals surface area (Å²) in [4.78, 5) is 46.9. The Hall–Kier alpha value is -3.36. The molecule has 0 radical (unpaired) electrons. The molecular weight excluding hydrogens is 392 g/mol. The normalized spacial score (nSPS) is 15.0. The van der Waals surface area contributed by atoms with E-state index in [1.54, 1.807) is 12.1 Å². The molecule has 0 fully saturated rings. The third-order valence-corrected chi connectivity index (χ3v) is 5.06. The molecule has 9 heteroatoms. The van der Waals surface area contributed by atoms with Crippen molar-refractivity contribution >= 4 is 28.8 Å². The quantitative estimate of drug-likeness (QED) is 0.576. The zero-order valence-corrected chi connectivity index (χ0v) is 16.8. The summed E-state index contributed by atoms with van der Waals surface area (Å²) in [5.41, 5.74) is 1.84. The van der Waals surface area contributed by atoms with Crippen LogP contribution in [0.5, 0.6) is 5.75 Å². The van der Waals surface area contributed by atoms with Crippen LogP contribution in [-0.2, 0) is 27.2 Å². The number of amides is 2. The monoisotopic (exact) mass is 416 g/mol. The lowest BCUT2D eigenvalue weighted by Crippen LogP contribution is -2.50. The van der Waals surface area contributed by atoms with Gasteiger partial charge >= 0.3 is 11.6 Å². The summed E-state index contributed by atoms with van der Waals surface area (Å²) in [7, 11) is 0. The predicted molar refractivity (Wildman–Crippen MR) is 107 cm³/mol. The SMILES string of the molecule is CC(NC(=O)C(C)NC(=O)COc1ccc2c3c(c(=O)oc2c1)CCCC3)C(=O)O. The smallest absolute Gasteiger partial charge is 0.339 e. The molecule has 160 valence electrons. The number of aryl methyl sites for hydroxylation is 1. The highest BCUT2D eigenvalue weighted by molar-refractivity contribution is 5.90. The second kappa shape index (κ2) is 8.98. The number of rotatable bonds is 7. The number of ether oxygens (including phenoxy) is 1. The maximum atomic E-state index is 12.2. The fourth-order valence-electron chi connectivity index (χ4n) is 3.41. The Morgan fingerprint density at radius 2 is 1.80 bits per heavy atom. The fraction of sp³-hybridized carbons (Fsp3) is 0.429. The van der Waals surface area contributed by atoms with Gasteiger partial charge in [0, 0.05) is 17.0 Å². The van der Waals surface area contributed by atoms with E-state index in [9.17, 15) is 19.2 Å². The van der Waals surface area contributed by atoms with Crippen LogP contribution in [0.3, 0.4) is 0 Å². The Bertz CT molecular complexity index is 1040. The van der Waals surface area contributed by atoms with Gasteiger partial charge in [-0.1, -0.05) is 0 Å². The molecule has 3 N–H and O–H groups in total. The third kappa shape index (κ3) is 4.79. The highest BCUT2D eigenvalue weighted by atomic mass is 16.5. The molecule has 9 nitrogen and oxygen atoms in total. The zero-order valence-electron chi connectivity index (χ0n) is 16.8. The highest BCUT2D eigenvalue weighted by Crippen LogP contribution is 2.29. The van der Waals surface area contributed by atoms with Crippen molar-refractivity contribution in [2.45, 2.75) is 51.6 Å². The molecule has 0 spiro atoms. The minimum Gasteiger partial charge on any atom is -0.484 e. The van der Waals surface area contributed by atoms with Gasteiger partial charge in [0.15, 0.2) is 6.61 Å². The number of carbonyl (C=O) groups is 3. The van der Waals surface area contributed by atoms with Gasteiger partial charge in [0.25, 0.3) is 5.91 Å². The van der Waals surface area contributed by atoms with Crippen LogP contribution in [0.2, 0.25) is 0 Å². The number of fused-ring (bicyclic) bond motifs is 3. The lowest BCUT2D eigenvalue weighted by atomic mass is 9.91. The molecule has 30 heavy (non-hydrogen) atoms. The molecule has 1 aliphatic carbocycles. The summed E-state index contributed by atoms with van der Waals surface area (Å²) < 4.78 is 10.9. The van der Waals surface area contributed by atoms with Gasteiger partial charge in [-0.3, -0.25) is 14.4 Å². The Kier molecular flexibility index (Phi) is 6.39. The summed E-state index contributed by atoms with van der Waals surface area (Å²) >= 11 is 0. The van der Waals surface area contributed by atoms with E-state index in [0.29, 0.717) is 11.3 Å². The summed E-state index contributed by atoms with van der Waals surface area (Å²) in [5.74, 6) is -1.98. The van der Waals surface area contributed by atoms with Crippen molar-refractivity contribution in [2.75, 3.05) is 6.61 Å². The molecule has 0 saturated carbocycles. The van der Waals surface area contributed by atoms with Gasteiger partial charge in [-0.15, -0.1) is 0 Å². The van der Waals surface area contributed by atoms with Crippen molar-refractivity contribution in [3.63, 3.8) is 0 Å². The molecular formula is C21H24N2O7. The summed E-state index contributed by atoms with van der Waals surface area (Å²) in [6.45, 7) is 2.41. The largest absolute Gasteiger partial charge is 0.484 e. The van der Waals surface area contributed by atoms with Crippen molar-refractivity contribution in [1.29, 1.82) is 0 Å². The first kappa shape index (κ1) is 21.4. The van der Waals surface area contributed by atoms with Gasteiger partial charge in [0.2, 0.25) is 5.91 Å². The molecule has 1 aromatic heterocycles. The summed E-state index contributed by atoms with van der Waals surface area (Å²) in [5, 5.41) is 14.4. The maximum absolute atomic E-state index is 12.2. The highest BCUT2D eigenvalue weighted by Gasteiger charge is 2.21. The van der Waals surface area contributed by atoms with E-state index in [1.165, 1.54) is 13.8 Å². The Morgan fingerprint density at radius 3 is 2.50 bits per heavy atom. The van der Waals surface area contributed by atoms with Gasteiger partial charge in [0.1, 0.15) is 23.4 Å². The van der Waals surface area contributed by atoms with E-state index in [0.717, 1.165) is 42.2 Å². The number of hydrogen-bond acceptors (Lipinski definition) is 6. The van der Waals surface area contributed by atoms with Crippen LogP contribution < -0.4 is 21.0 Å². The molecule has 2 unspecified atom stereocenters. The third-order valence-electron chi connectivity index (χ3n) is 5.06. The van der Waals surface area contributed by atoms with Crippen molar-refractivity contribution in [3.05, 3.63) is 39.7 Å². The minimum absolute atomic E-state index is 0.331. The second-order valence-corrected chi connectivity index (χ2v) is 7.36. The summed E-state index contributed by atoms with van der Waals surface area (Å²) in [6, 6.07) is 3.10. The molecule has 2 atom stereocenters.